The average molecular weight is 405 g/mol. The third-order valence-electron chi connectivity index (χ3n) is 5.37. The highest BCUT2D eigenvalue weighted by Crippen LogP contribution is 2.28. The molecule has 4 nitrogen and oxygen atoms in total. The lowest BCUT2D eigenvalue weighted by Gasteiger charge is -2.15. The maximum Gasteiger partial charge on any atom is 0.261 e. The zero-order chi connectivity index (χ0) is 20.1. The summed E-state index contributed by atoms with van der Waals surface area (Å²) in [4.78, 5) is 2.56. The number of nitrogens with zero attached hydrogens (tertiary/aromatic N) is 1. The number of benzene rings is 2. The Kier molecular flexibility index (Phi) is 6.73. The largest absolute Gasteiger partial charge is 0.303 e. The zero-order valence-electron chi connectivity index (χ0n) is 16.6. The fourth-order valence-electron chi connectivity index (χ4n) is 3.66. The summed E-state index contributed by atoms with van der Waals surface area (Å²) in [5.74, 6) is 0.787. The van der Waals surface area contributed by atoms with Gasteiger partial charge < -0.3 is 4.90 Å². The summed E-state index contributed by atoms with van der Waals surface area (Å²) < 4.78 is 40.2. The van der Waals surface area contributed by atoms with E-state index >= 15 is 0 Å². The Morgan fingerprint density at radius 1 is 1.11 bits per heavy atom. The Morgan fingerprint density at radius 3 is 2.39 bits per heavy atom. The molecule has 1 aliphatic heterocycles. The first kappa shape index (κ1) is 20.8. The molecule has 152 valence electrons. The summed E-state index contributed by atoms with van der Waals surface area (Å²) in [5.41, 5.74) is 2.87. The second-order valence-electron chi connectivity index (χ2n) is 7.78. The molecule has 1 unspecified atom stereocenters. The maximum atomic E-state index is 12.6. The lowest BCUT2D eigenvalue weighted by atomic mass is 9.98. The lowest BCUT2D eigenvalue weighted by molar-refractivity contribution is 0.309. The molecule has 0 amide bonds. The molecule has 1 aliphatic rings. The van der Waals surface area contributed by atoms with E-state index in [4.69, 9.17) is 0 Å². The molecule has 6 heteroatoms. The van der Waals surface area contributed by atoms with E-state index < -0.39 is 10.0 Å². The van der Waals surface area contributed by atoms with Crippen molar-refractivity contribution >= 4 is 15.7 Å². The van der Waals surface area contributed by atoms with E-state index in [0.717, 1.165) is 31.6 Å². The number of likely N-dealkylation sites (tertiary alicyclic amines) is 1. The number of halogens is 1. The fraction of sp³-hybridized carbons (Fsp3) is 0.455. The molecular formula is C22H29FN2O2S. The number of hydrogen-bond acceptors (Lipinski definition) is 3. The lowest BCUT2D eigenvalue weighted by Crippen LogP contribution is -2.21. The van der Waals surface area contributed by atoms with Gasteiger partial charge in [0.15, 0.2) is 0 Å². The Balaban J connectivity index is 1.63. The van der Waals surface area contributed by atoms with Crippen LogP contribution in [0.3, 0.4) is 0 Å². The molecule has 1 heterocycles. The van der Waals surface area contributed by atoms with Crippen LogP contribution < -0.4 is 4.72 Å². The first-order valence-electron chi connectivity index (χ1n) is 9.90. The molecule has 3 rings (SSSR count). The van der Waals surface area contributed by atoms with E-state index in [1.165, 1.54) is 5.56 Å². The van der Waals surface area contributed by atoms with Gasteiger partial charge in [-0.1, -0.05) is 38.1 Å². The molecule has 0 saturated carbocycles. The summed E-state index contributed by atoms with van der Waals surface area (Å²) in [7, 11) is -3.60. The number of alkyl halides is 1. The summed E-state index contributed by atoms with van der Waals surface area (Å²) in [5, 5.41) is 0. The van der Waals surface area contributed by atoms with Crippen LogP contribution in [0.15, 0.2) is 53.4 Å². The number of anilines is 1. The Hall–Kier alpha value is -1.92. The summed E-state index contributed by atoms with van der Waals surface area (Å²) in [6.45, 7) is 6.62. The Labute approximate surface area is 167 Å². The van der Waals surface area contributed by atoms with Crippen molar-refractivity contribution in [2.45, 2.75) is 43.4 Å². The van der Waals surface area contributed by atoms with Crippen LogP contribution in [0.4, 0.5) is 10.1 Å². The topological polar surface area (TPSA) is 49.4 Å². The quantitative estimate of drug-likeness (QED) is 0.690. The smallest absolute Gasteiger partial charge is 0.261 e. The highest BCUT2D eigenvalue weighted by atomic mass is 32.2. The molecule has 2 aromatic carbocycles. The SMILES string of the molecule is CC(C)c1ccc(S(=O)(=O)Nc2ccc(C3CCN(CCCF)C3)cc2)cc1. The van der Waals surface area contributed by atoms with Gasteiger partial charge in [0.2, 0.25) is 0 Å². The summed E-state index contributed by atoms with van der Waals surface area (Å²) >= 11 is 0. The highest BCUT2D eigenvalue weighted by Gasteiger charge is 2.23. The Bertz CT molecular complexity index is 864. The molecule has 0 bridgehead atoms. The van der Waals surface area contributed by atoms with Crippen molar-refractivity contribution in [2.75, 3.05) is 31.0 Å². The molecule has 1 N–H and O–H groups in total. The van der Waals surface area contributed by atoms with Crippen molar-refractivity contribution in [1.29, 1.82) is 0 Å². The van der Waals surface area contributed by atoms with E-state index in [0.29, 0.717) is 23.9 Å². The number of nitrogens with one attached hydrogen (secondary N) is 1. The van der Waals surface area contributed by atoms with Gasteiger partial charge in [-0.15, -0.1) is 0 Å². The van der Waals surface area contributed by atoms with Gasteiger partial charge >= 0.3 is 0 Å². The zero-order valence-corrected chi connectivity index (χ0v) is 17.4. The first-order valence-corrected chi connectivity index (χ1v) is 11.4. The molecular weight excluding hydrogens is 375 g/mol. The number of rotatable bonds is 8. The first-order chi connectivity index (χ1) is 13.4. The van der Waals surface area contributed by atoms with Crippen molar-refractivity contribution < 1.29 is 12.8 Å². The minimum Gasteiger partial charge on any atom is -0.303 e. The summed E-state index contributed by atoms with van der Waals surface area (Å²) in [6, 6.07) is 14.6. The predicted molar refractivity (Wildman–Crippen MR) is 112 cm³/mol. The third-order valence-corrected chi connectivity index (χ3v) is 6.77. The van der Waals surface area contributed by atoms with E-state index in [2.05, 4.69) is 23.5 Å². The van der Waals surface area contributed by atoms with Crippen molar-refractivity contribution in [3.63, 3.8) is 0 Å². The van der Waals surface area contributed by atoms with E-state index in [-0.39, 0.29) is 11.6 Å². The molecule has 1 atom stereocenters. The van der Waals surface area contributed by atoms with Gasteiger partial charge in [-0.25, -0.2) is 8.42 Å². The average Bonchev–Trinajstić information content (AvgIpc) is 3.15. The molecule has 28 heavy (non-hydrogen) atoms. The van der Waals surface area contributed by atoms with Crippen LogP contribution in [0, 0.1) is 0 Å². The van der Waals surface area contributed by atoms with Crippen molar-refractivity contribution in [3.05, 3.63) is 59.7 Å². The summed E-state index contributed by atoms with van der Waals surface area (Å²) in [6.07, 6.45) is 1.64. The number of sulfonamides is 1. The standard InChI is InChI=1S/C22H29FN2O2S/c1-17(2)18-6-10-22(11-7-18)28(26,27)24-21-8-4-19(5-9-21)20-12-15-25(16-20)14-3-13-23/h4-11,17,20,24H,3,12-16H2,1-2H3. The molecule has 2 aromatic rings. The van der Waals surface area contributed by atoms with Crippen LogP contribution in [-0.2, 0) is 10.0 Å². The molecule has 1 fully saturated rings. The molecule has 1 saturated heterocycles. The third kappa shape index (κ3) is 5.11. The van der Waals surface area contributed by atoms with Gasteiger partial charge in [-0.2, -0.15) is 0 Å². The van der Waals surface area contributed by atoms with Gasteiger partial charge in [0, 0.05) is 18.8 Å². The second kappa shape index (κ2) is 9.05. The van der Waals surface area contributed by atoms with Crippen LogP contribution in [0.2, 0.25) is 0 Å². The van der Waals surface area contributed by atoms with E-state index in [9.17, 15) is 12.8 Å². The van der Waals surface area contributed by atoms with E-state index in [1.807, 2.05) is 36.4 Å². The minimum atomic E-state index is -3.60. The Morgan fingerprint density at radius 2 is 1.79 bits per heavy atom. The van der Waals surface area contributed by atoms with Crippen LogP contribution in [0.5, 0.6) is 0 Å². The van der Waals surface area contributed by atoms with Crippen LogP contribution >= 0.6 is 0 Å². The van der Waals surface area contributed by atoms with Crippen LogP contribution in [0.1, 0.15) is 49.7 Å². The highest BCUT2D eigenvalue weighted by molar-refractivity contribution is 7.92. The van der Waals surface area contributed by atoms with Crippen LogP contribution in [0.25, 0.3) is 0 Å². The normalized spacial score (nSPS) is 17.9. The van der Waals surface area contributed by atoms with Crippen molar-refractivity contribution in [1.82, 2.24) is 4.90 Å². The van der Waals surface area contributed by atoms with E-state index in [1.54, 1.807) is 12.1 Å². The minimum absolute atomic E-state index is 0.264. The van der Waals surface area contributed by atoms with Crippen molar-refractivity contribution in [3.8, 4) is 0 Å². The molecule has 0 spiro atoms. The van der Waals surface area contributed by atoms with Crippen LogP contribution in [-0.4, -0.2) is 39.6 Å². The monoisotopic (exact) mass is 404 g/mol. The molecule has 0 aliphatic carbocycles. The van der Waals surface area contributed by atoms with Crippen molar-refractivity contribution in [2.24, 2.45) is 0 Å². The fourth-order valence-corrected chi connectivity index (χ4v) is 4.72. The van der Waals surface area contributed by atoms with Gasteiger partial charge in [-0.05, 0) is 66.6 Å². The van der Waals surface area contributed by atoms with Gasteiger partial charge in [-0.3, -0.25) is 9.11 Å². The number of hydrogen-bond donors (Lipinski definition) is 1. The predicted octanol–water partition coefficient (Wildman–Crippen LogP) is 4.76. The molecule has 0 aromatic heterocycles. The van der Waals surface area contributed by atoms with Gasteiger partial charge in [0.25, 0.3) is 10.0 Å². The second-order valence-corrected chi connectivity index (χ2v) is 9.46. The maximum absolute atomic E-state index is 12.6. The van der Waals surface area contributed by atoms with Gasteiger partial charge in [0.05, 0.1) is 11.6 Å². The molecule has 0 radical (unpaired) electrons. The van der Waals surface area contributed by atoms with Gasteiger partial charge in [0.1, 0.15) is 0 Å².